The number of aryl methyl sites for hydroxylation is 1. The van der Waals surface area contributed by atoms with Gasteiger partial charge in [-0.1, -0.05) is 0 Å². The molecule has 102 valence electrons. The fourth-order valence-electron chi connectivity index (χ4n) is 2.45. The molecule has 1 saturated heterocycles. The van der Waals surface area contributed by atoms with E-state index in [0.717, 1.165) is 23.4 Å². The highest BCUT2D eigenvalue weighted by molar-refractivity contribution is 7.91. The number of fused-ring (bicyclic) bond motifs is 1. The van der Waals surface area contributed by atoms with Gasteiger partial charge >= 0.3 is 0 Å². The molecule has 1 fully saturated rings. The van der Waals surface area contributed by atoms with Gasteiger partial charge in [0.2, 0.25) is 0 Å². The van der Waals surface area contributed by atoms with Crippen LogP contribution >= 0.6 is 0 Å². The second kappa shape index (κ2) is 4.48. The molecule has 2 aromatic heterocycles. The molecule has 0 bridgehead atoms. The Balaban J connectivity index is 1.75. The predicted octanol–water partition coefficient (Wildman–Crippen LogP) is 0.884. The molecule has 3 rings (SSSR count). The molecular formula is C12H16N4O2S. The summed E-state index contributed by atoms with van der Waals surface area (Å²) in [5.41, 5.74) is 1.85. The summed E-state index contributed by atoms with van der Waals surface area (Å²) in [6, 6.07) is 1.96. The van der Waals surface area contributed by atoms with Crippen LogP contribution in [0, 0.1) is 12.8 Å². The van der Waals surface area contributed by atoms with E-state index in [1.165, 1.54) is 0 Å². The van der Waals surface area contributed by atoms with Gasteiger partial charge in [0.05, 0.1) is 17.2 Å². The van der Waals surface area contributed by atoms with Gasteiger partial charge in [0.1, 0.15) is 5.52 Å². The Morgan fingerprint density at radius 3 is 3.11 bits per heavy atom. The van der Waals surface area contributed by atoms with Crippen molar-refractivity contribution in [3.8, 4) is 0 Å². The Morgan fingerprint density at radius 2 is 2.37 bits per heavy atom. The fourth-order valence-corrected chi connectivity index (χ4v) is 4.32. The van der Waals surface area contributed by atoms with E-state index in [2.05, 4.69) is 15.4 Å². The van der Waals surface area contributed by atoms with Crippen molar-refractivity contribution in [3.63, 3.8) is 0 Å². The predicted molar refractivity (Wildman–Crippen MR) is 73.0 cm³/mol. The highest BCUT2D eigenvalue weighted by Crippen LogP contribution is 2.20. The zero-order valence-corrected chi connectivity index (χ0v) is 11.5. The molecule has 0 spiro atoms. The maximum Gasteiger partial charge on any atom is 0.152 e. The minimum Gasteiger partial charge on any atom is -0.368 e. The van der Waals surface area contributed by atoms with E-state index in [4.69, 9.17) is 0 Å². The lowest BCUT2D eigenvalue weighted by atomic mass is 10.1. The number of rotatable bonds is 3. The quantitative estimate of drug-likeness (QED) is 0.903. The van der Waals surface area contributed by atoms with E-state index in [9.17, 15) is 8.42 Å². The maximum absolute atomic E-state index is 11.4. The fraction of sp³-hybridized carbons (Fsp3) is 0.500. The minimum atomic E-state index is -2.82. The van der Waals surface area contributed by atoms with Crippen LogP contribution in [0.5, 0.6) is 0 Å². The Labute approximate surface area is 111 Å². The number of sulfone groups is 1. The van der Waals surface area contributed by atoms with Crippen LogP contribution in [0.25, 0.3) is 5.52 Å². The Morgan fingerprint density at radius 1 is 1.53 bits per heavy atom. The van der Waals surface area contributed by atoms with Crippen molar-refractivity contribution in [1.29, 1.82) is 0 Å². The summed E-state index contributed by atoms with van der Waals surface area (Å²) >= 11 is 0. The van der Waals surface area contributed by atoms with Crippen molar-refractivity contribution in [1.82, 2.24) is 14.6 Å². The van der Waals surface area contributed by atoms with E-state index >= 15 is 0 Å². The number of hydrogen-bond acceptors (Lipinski definition) is 5. The van der Waals surface area contributed by atoms with Crippen molar-refractivity contribution < 1.29 is 8.42 Å². The van der Waals surface area contributed by atoms with E-state index in [0.29, 0.717) is 12.3 Å². The normalized spacial score (nSPS) is 21.8. The highest BCUT2D eigenvalue weighted by Gasteiger charge is 2.27. The molecule has 19 heavy (non-hydrogen) atoms. The molecule has 7 heteroatoms. The molecule has 0 saturated carbocycles. The van der Waals surface area contributed by atoms with Crippen molar-refractivity contribution >= 4 is 21.2 Å². The number of anilines is 1. The van der Waals surface area contributed by atoms with Crippen LogP contribution in [0.4, 0.5) is 5.82 Å². The van der Waals surface area contributed by atoms with Gasteiger partial charge in [0.25, 0.3) is 0 Å². The molecular weight excluding hydrogens is 264 g/mol. The lowest BCUT2D eigenvalue weighted by Crippen LogP contribution is -2.16. The first-order valence-corrected chi connectivity index (χ1v) is 8.11. The Bertz CT molecular complexity index is 708. The SMILES string of the molecule is Cc1cc2c(NCC3CCS(=O)(=O)C3)nccn2n1. The summed E-state index contributed by atoms with van der Waals surface area (Å²) in [5, 5.41) is 7.56. The van der Waals surface area contributed by atoms with Gasteiger partial charge in [0, 0.05) is 18.9 Å². The smallest absolute Gasteiger partial charge is 0.152 e. The number of aromatic nitrogens is 3. The number of hydrogen-bond donors (Lipinski definition) is 1. The minimum absolute atomic E-state index is 0.177. The van der Waals surface area contributed by atoms with Crippen molar-refractivity contribution in [2.75, 3.05) is 23.4 Å². The average molecular weight is 280 g/mol. The van der Waals surface area contributed by atoms with E-state index in [1.807, 2.05) is 13.0 Å². The van der Waals surface area contributed by atoms with Crippen molar-refractivity contribution in [2.24, 2.45) is 5.92 Å². The molecule has 1 aliphatic rings. The van der Waals surface area contributed by atoms with Crippen molar-refractivity contribution in [2.45, 2.75) is 13.3 Å². The lowest BCUT2D eigenvalue weighted by Gasteiger charge is -2.10. The molecule has 1 unspecified atom stereocenters. The van der Waals surface area contributed by atoms with Gasteiger partial charge in [-0.15, -0.1) is 0 Å². The zero-order valence-electron chi connectivity index (χ0n) is 10.7. The van der Waals surface area contributed by atoms with Crippen LogP contribution in [0.2, 0.25) is 0 Å². The first-order chi connectivity index (χ1) is 9.03. The van der Waals surface area contributed by atoms with Gasteiger partial charge in [-0.2, -0.15) is 5.10 Å². The molecule has 6 nitrogen and oxygen atoms in total. The van der Waals surface area contributed by atoms with Crippen LogP contribution < -0.4 is 5.32 Å². The van der Waals surface area contributed by atoms with Gasteiger partial charge < -0.3 is 5.32 Å². The lowest BCUT2D eigenvalue weighted by molar-refractivity contribution is 0.595. The summed E-state index contributed by atoms with van der Waals surface area (Å²) in [7, 11) is -2.82. The van der Waals surface area contributed by atoms with Crippen LogP contribution in [0.3, 0.4) is 0 Å². The van der Waals surface area contributed by atoms with E-state index in [1.54, 1.807) is 16.9 Å². The number of nitrogens with one attached hydrogen (secondary N) is 1. The molecule has 1 N–H and O–H groups in total. The van der Waals surface area contributed by atoms with Crippen molar-refractivity contribution in [3.05, 3.63) is 24.2 Å². The molecule has 0 radical (unpaired) electrons. The summed E-state index contributed by atoms with van der Waals surface area (Å²) < 4.78 is 24.6. The van der Waals surface area contributed by atoms with E-state index in [-0.39, 0.29) is 11.7 Å². The molecule has 0 aromatic carbocycles. The summed E-state index contributed by atoms with van der Waals surface area (Å²) in [4.78, 5) is 4.30. The van der Waals surface area contributed by atoms with Crippen LogP contribution in [-0.2, 0) is 9.84 Å². The third-order valence-corrected chi connectivity index (χ3v) is 5.23. The van der Waals surface area contributed by atoms with Gasteiger partial charge in [-0.25, -0.2) is 17.9 Å². The summed E-state index contributed by atoms with van der Waals surface area (Å²) in [6.07, 6.45) is 4.22. The van der Waals surface area contributed by atoms with Crippen LogP contribution in [-0.4, -0.2) is 41.1 Å². The van der Waals surface area contributed by atoms with Gasteiger partial charge in [-0.05, 0) is 25.3 Å². The highest BCUT2D eigenvalue weighted by atomic mass is 32.2. The molecule has 1 aliphatic heterocycles. The molecule has 2 aromatic rings. The first kappa shape index (κ1) is 12.4. The van der Waals surface area contributed by atoms with Gasteiger partial charge in [-0.3, -0.25) is 0 Å². The third-order valence-electron chi connectivity index (χ3n) is 3.40. The second-order valence-corrected chi connectivity index (χ2v) is 7.27. The largest absolute Gasteiger partial charge is 0.368 e. The Hall–Kier alpha value is -1.63. The molecule has 0 amide bonds. The summed E-state index contributed by atoms with van der Waals surface area (Å²) in [5.74, 6) is 1.52. The number of nitrogens with zero attached hydrogens (tertiary/aromatic N) is 3. The first-order valence-electron chi connectivity index (χ1n) is 6.29. The monoisotopic (exact) mass is 280 g/mol. The second-order valence-electron chi connectivity index (χ2n) is 5.04. The van der Waals surface area contributed by atoms with Crippen LogP contribution in [0.1, 0.15) is 12.1 Å². The Kier molecular flexibility index (Phi) is 2.93. The molecule has 1 atom stereocenters. The zero-order chi connectivity index (χ0) is 13.5. The standard InChI is InChI=1S/C12H16N4O2S/c1-9-6-11-12(13-3-4-16(11)15-9)14-7-10-2-5-19(17,18)8-10/h3-4,6,10H,2,5,7-8H2,1H3,(H,13,14). The van der Waals surface area contributed by atoms with Gasteiger partial charge in [0.15, 0.2) is 15.7 Å². The van der Waals surface area contributed by atoms with Crippen LogP contribution in [0.15, 0.2) is 18.5 Å². The van der Waals surface area contributed by atoms with E-state index < -0.39 is 9.84 Å². The molecule has 3 heterocycles. The summed E-state index contributed by atoms with van der Waals surface area (Å²) in [6.45, 7) is 2.57. The maximum atomic E-state index is 11.4. The topological polar surface area (TPSA) is 76.4 Å². The average Bonchev–Trinajstić information content (AvgIpc) is 2.88. The molecule has 0 aliphatic carbocycles. The third kappa shape index (κ3) is 2.56.